The zero-order valence-corrected chi connectivity index (χ0v) is 11.3. The molecule has 1 aromatic heterocycles. The summed E-state index contributed by atoms with van der Waals surface area (Å²) >= 11 is 0. The number of nitrogen functional groups attached to an aromatic ring is 1. The minimum absolute atomic E-state index is 0.0537. The van der Waals surface area contributed by atoms with Crippen LogP contribution in [0.2, 0.25) is 0 Å². The highest BCUT2D eigenvalue weighted by Gasteiger charge is 2.20. The van der Waals surface area contributed by atoms with E-state index in [1.54, 1.807) is 0 Å². The van der Waals surface area contributed by atoms with Crippen molar-refractivity contribution in [3.8, 4) is 11.5 Å². The molecule has 1 unspecified atom stereocenters. The summed E-state index contributed by atoms with van der Waals surface area (Å²) in [5, 5.41) is 3.84. The monoisotopic (exact) mass is 295 g/mol. The molecule has 21 heavy (non-hydrogen) atoms. The van der Waals surface area contributed by atoms with Gasteiger partial charge in [-0.05, 0) is 25.3 Å². The average molecular weight is 295 g/mol. The van der Waals surface area contributed by atoms with E-state index in [9.17, 15) is 8.78 Å². The van der Waals surface area contributed by atoms with Gasteiger partial charge in [-0.15, -0.1) is 0 Å². The topological polar surface area (TPSA) is 74.2 Å². The van der Waals surface area contributed by atoms with Crippen LogP contribution >= 0.6 is 0 Å². The first-order valence-electron chi connectivity index (χ1n) is 6.82. The maximum Gasteiger partial charge on any atom is 0.260 e. The number of nitrogens with two attached hydrogens (primary N) is 1. The number of hydrogen-bond acceptors (Lipinski definition) is 5. The van der Waals surface area contributed by atoms with E-state index in [-0.39, 0.29) is 23.2 Å². The molecule has 2 aromatic rings. The lowest BCUT2D eigenvalue weighted by Gasteiger charge is -2.20. The molecular weight excluding hydrogens is 280 g/mol. The van der Waals surface area contributed by atoms with Gasteiger partial charge < -0.3 is 15.0 Å². The quantitative estimate of drug-likeness (QED) is 0.881. The van der Waals surface area contributed by atoms with Crippen LogP contribution in [0.1, 0.15) is 25.1 Å². The first kappa shape index (κ1) is 13.9. The van der Waals surface area contributed by atoms with Gasteiger partial charge in [-0.25, -0.2) is 8.78 Å². The van der Waals surface area contributed by atoms with Gasteiger partial charge in [0.1, 0.15) is 0 Å². The van der Waals surface area contributed by atoms with Crippen molar-refractivity contribution in [2.75, 3.05) is 12.3 Å². The molecule has 3 rings (SSSR count). The molecule has 1 aliphatic rings. The fourth-order valence-corrected chi connectivity index (χ4v) is 2.37. The van der Waals surface area contributed by atoms with E-state index >= 15 is 0 Å². The number of nitrogens with zero attached hydrogens (tertiary/aromatic N) is 2. The Morgan fingerprint density at radius 3 is 2.81 bits per heavy atom. The van der Waals surface area contributed by atoms with Crippen molar-refractivity contribution >= 4 is 5.69 Å². The predicted octanol–water partition coefficient (Wildman–Crippen LogP) is 2.71. The lowest BCUT2D eigenvalue weighted by molar-refractivity contribution is 0.0153. The molecule has 112 valence electrons. The largest absolute Gasteiger partial charge is 0.398 e. The Labute approximate surface area is 120 Å². The average Bonchev–Trinajstić information content (AvgIpc) is 2.92. The Morgan fingerprint density at radius 1 is 1.24 bits per heavy atom. The fraction of sp³-hybridized carbons (Fsp3) is 0.429. The van der Waals surface area contributed by atoms with E-state index in [0.29, 0.717) is 12.2 Å². The molecule has 0 spiro atoms. The summed E-state index contributed by atoms with van der Waals surface area (Å²) in [6.07, 6.45) is 3.75. The molecular formula is C14H15F2N3O2. The van der Waals surface area contributed by atoms with E-state index in [4.69, 9.17) is 15.0 Å². The number of hydrogen-bond donors (Lipinski definition) is 1. The lowest BCUT2D eigenvalue weighted by Crippen LogP contribution is -2.21. The second-order valence-electron chi connectivity index (χ2n) is 5.06. The molecule has 0 aliphatic carbocycles. The van der Waals surface area contributed by atoms with Crippen molar-refractivity contribution in [2.45, 2.75) is 31.8 Å². The normalized spacial score (nSPS) is 18.9. The molecule has 1 atom stereocenters. The molecule has 2 heterocycles. The van der Waals surface area contributed by atoms with Crippen LogP contribution in [0.5, 0.6) is 0 Å². The van der Waals surface area contributed by atoms with Crippen molar-refractivity contribution in [1.29, 1.82) is 0 Å². The maximum atomic E-state index is 13.3. The molecule has 0 amide bonds. The first-order valence-corrected chi connectivity index (χ1v) is 6.82. The second-order valence-corrected chi connectivity index (χ2v) is 5.06. The SMILES string of the molecule is Nc1cc(F)c(F)cc1-c1nc(CC2CCCCO2)no1. The summed E-state index contributed by atoms with van der Waals surface area (Å²) in [7, 11) is 0. The first-order chi connectivity index (χ1) is 10.1. The number of ether oxygens (including phenoxy) is 1. The van der Waals surface area contributed by atoms with Crippen LogP contribution in [0.15, 0.2) is 16.7 Å². The summed E-state index contributed by atoms with van der Waals surface area (Å²) in [6, 6.07) is 1.86. The van der Waals surface area contributed by atoms with Crippen LogP contribution in [0.3, 0.4) is 0 Å². The van der Waals surface area contributed by atoms with E-state index in [2.05, 4.69) is 10.1 Å². The van der Waals surface area contributed by atoms with Crippen molar-refractivity contribution < 1.29 is 18.0 Å². The number of anilines is 1. The third kappa shape index (κ3) is 3.02. The van der Waals surface area contributed by atoms with Crippen LogP contribution < -0.4 is 5.73 Å². The Morgan fingerprint density at radius 2 is 2.05 bits per heavy atom. The third-order valence-electron chi connectivity index (χ3n) is 3.48. The number of aromatic nitrogens is 2. The van der Waals surface area contributed by atoms with Crippen molar-refractivity contribution in [3.05, 3.63) is 29.6 Å². The van der Waals surface area contributed by atoms with Gasteiger partial charge >= 0.3 is 0 Å². The zero-order chi connectivity index (χ0) is 14.8. The number of benzene rings is 1. The van der Waals surface area contributed by atoms with Gasteiger partial charge in [0.2, 0.25) is 0 Å². The van der Waals surface area contributed by atoms with Crippen molar-refractivity contribution in [2.24, 2.45) is 0 Å². The van der Waals surface area contributed by atoms with Gasteiger partial charge in [-0.1, -0.05) is 5.16 Å². The number of rotatable bonds is 3. The lowest BCUT2D eigenvalue weighted by atomic mass is 10.1. The number of halogens is 2. The highest BCUT2D eigenvalue weighted by Crippen LogP contribution is 2.27. The smallest absolute Gasteiger partial charge is 0.260 e. The minimum atomic E-state index is -1.01. The van der Waals surface area contributed by atoms with Crippen LogP contribution in [0, 0.1) is 11.6 Å². The molecule has 1 fully saturated rings. The van der Waals surface area contributed by atoms with Crippen LogP contribution in [-0.2, 0) is 11.2 Å². The Bertz CT molecular complexity index is 639. The zero-order valence-electron chi connectivity index (χ0n) is 11.3. The van der Waals surface area contributed by atoms with E-state index in [1.165, 1.54) is 0 Å². The van der Waals surface area contributed by atoms with Gasteiger partial charge in [0.05, 0.1) is 11.7 Å². The second kappa shape index (κ2) is 5.77. The molecule has 0 bridgehead atoms. The van der Waals surface area contributed by atoms with Crippen LogP contribution in [0.4, 0.5) is 14.5 Å². The molecule has 1 saturated heterocycles. The Kier molecular flexibility index (Phi) is 3.83. The molecule has 7 heteroatoms. The van der Waals surface area contributed by atoms with E-state index in [0.717, 1.165) is 38.0 Å². The maximum absolute atomic E-state index is 13.3. The van der Waals surface area contributed by atoms with E-state index in [1.807, 2.05) is 0 Å². The van der Waals surface area contributed by atoms with E-state index < -0.39 is 11.6 Å². The van der Waals surface area contributed by atoms with Gasteiger partial charge in [0, 0.05) is 24.8 Å². The van der Waals surface area contributed by atoms with Crippen molar-refractivity contribution in [3.63, 3.8) is 0 Å². The third-order valence-corrected chi connectivity index (χ3v) is 3.48. The van der Waals surface area contributed by atoms with Crippen LogP contribution in [0.25, 0.3) is 11.5 Å². The highest BCUT2D eigenvalue weighted by molar-refractivity contribution is 5.70. The summed E-state index contributed by atoms with van der Waals surface area (Å²) in [6.45, 7) is 0.742. The highest BCUT2D eigenvalue weighted by atomic mass is 19.2. The van der Waals surface area contributed by atoms with Crippen LogP contribution in [-0.4, -0.2) is 22.9 Å². The molecule has 1 aliphatic heterocycles. The molecule has 5 nitrogen and oxygen atoms in total. The molecule has 0 saturated carbocycles. The van der Waals surface area contributed by atoms with Gasteiger partial charge in [-0.2, -0.15) is 4.98 Å². The summed E-state index contributed by atoms with van der Waals surface area (Å²) in [5.74, 6) is -1.46. The van der Waals surface area contributed by atoms with Gasteiger partial charge in [0.15, 0.2) is 17.5 Å². The predicted molar refractivity (Wildman–Crippen MR) is 71.4 cm³/mol. The summed E-state index contributed by atoms with van der Waals surface area (Å²) in [5.41, 5.74) is 5.90. The molecule has 0 radical (unpaired) electrons. The van der Waals surface area contributed by atoms with Crippen molar-refractivity contribution in [1.82, 2.24) is 10.1 Å². The minimum Gasteiger partial charge on any atom is -0.398 e. The Hall–Kier alpha value is -2.02. The summed E-state index contributed by atoms with van der Waals surface area (Å²) in [4.78, 5) is 4.18. The Balaban J connectivity index is 1.79. The summed E-state index contributed by atoms with van der Waals surface area (Å²) < 4.78 is 37.0. The molecule has 2 N–H and O–H groups in total. The van der Waals surface area contributed by atoms with Gasteiger partial charge in [-0.3, -0.25) is 0 Å². The van der Waals surface area contributed by atoms with Gasteiger partial charge in [0.25, 0.3) is 5.89 Å². The fourth-order valence-electron chi connectivity index (χ4n) is 2.37. The molecule has 1 aromatic carbocycles. The standard InChI is InChI=1S/C14H15F2N3O2/c15-10-6-9(12(17)7-11(10)16)14-18-13(19-21-14)5-8-3-1-2-4-20-8/h6-8H,1-5,17H2.